The molecule has 0 aromatic heterocycles. The molecule has 0 spiro atoms. The Morgan fingerprint density at radius 1 is 0.650 bits per heavy atom. The van der Waals surface area contributed by atoms with Gasteiger partial charge in [0.2, 0.25) is 0 Å². The van der Waals surface area contributed by atoms with E-state index in [1.807, 2.05) is 0 Å². The molecule has 3 aliphatic rings. The second kappa shape index (κ2) is 6.19. The Hall–Kier alpha value is -1.00. The van der Waals surface area contributed by atoms with Gasteiger partial charge < -0.3 is 0 Å². The van der Waals surface area contributed by atoms with Crippen molar-refractivity contribution in [2.75, 3.05) is 0 Å². The van der Waals surface area contributed by atoms with Crippen LogP contribution < -0.4 is 10.9 Å². The first-order valence-corrected chi connectivity index (χ1v) is 7.94. The molecule has 1 heterocycles. The molecular weight excluding hydrogens is 295 g/mol. The van der Waals surface area contributed by atoms with Crippen LogP contribution in [0.5, 0.6) is 0 Å². The molecule has 6 heteroatoms. The largest absolute Gasteiger partial charge is 0.258 e. The van der Waals surface area contributed by atoms with Gasteiger partial charge in [-0.05, 0) is 51.4 Å². The maximum atomic E-state index is 6.28. The first kappa shape index (κ1) is 14.0. The van der Waals surface area contributed by atoms with E-state index in [2.05, 4.69) is 21.1 Å². The normalized spacial score (nSPS) is 23.9. The molecule has 108 valence electrons. The number of allylic oxidation sites excluding steroid dienone is 2. The summed E-state index contributed by atoms with van der Waals surface area (Å²) >= 11 is 12.6. The maximum Gasteiger partial charge on any atom is 0.170 e. The lowest BCUT2D eigenvalue weighted by molar-refractivity contribution is 0.693. The molecular formula is C14H18Cl2N4. The molecule has 0 radical (unpaired) electrons. The summed E-state index contributed by atoms with van der Waals surface area (Å²) in [6.45, 7) is 0. The van der Waals surface area contributed by atoms with Crippen LogP contribution in [0.2, 0.25) is 0 Å². The van der Waals surface area contributed by atoms with Crippen molar-refractivity contribution >= 4 is 34.9 Å². The van der Waals surface area contributed by atoms with Crippen molar-refractivity contribution in [3.63, 3.8) is 0 Å². The van der Waals surface area contributed by atoms with Gasteiger partial charge in [0.1, 0.15) is 0 Å². The standard InChI is InChI=1S/C14H18Cl2N4/c15-11-7-3-1-5-9(11)13-17-19-14(20-18-13)10-6-2-4-8-12(10)16/h1-8H2,(H,17,18)(H,19,20). The van der Waals surface area contributed by atoms with Gasteiger partial charge in [-0.1, -0.05) is 23.2 Å². The highest BCUT2D eigenvalue weighted by Crippen LogP contribution is 2.30. The quantitative estimate of drug-likeness (QED) is 0.811. The lowest BCUT2D eigenvalue weighted by atomic mass is 9.98. The van der Waals surface area contributed by atoms with Crippen molar-refractivity contribution in [2.45, 2.75) is 51.4 Å². The zero-order valence-corrected chi connectivity index (χ0v) is 12.8. The molecule has 2 aliphatic carbocycles. The van der Waals surface area contributed by atoms with E-state index >= 15 is 0 Å². The van der Waals surface area contributed by atoms with Gasteiger partial charge in [0.25, 0.3) is 0 Å². The number of rotatable bonds is 2. The molecule has 0 atom stereocenters. The van der Waals surface area contributed by atoms with Crippen LogP contribution in [0.15, 0.2) is 31.4 Å². The average Bonchev–Trinajstić information content (AvgIpc) is 2.49. The lowest BCUT2D eigenvalue weighted by Crippen LogP contribution is -2.36. The van der Waals surface area contributed by atoms with Crippen LogP contribution in [-0.4, -0.2) is 11.7 Å². The van der Waals surface area contributed by atoms with Gasteiger partial charge in [0.15, 0.2) is 11.7 Å². The van der Waals surface area contributed by atoms with E-state index in [1.54, 1.807) is 0 Å². The van der Waals surface area contributed by atoms with Crippen molar-refractivity contribution in [3.05, 3.63) is 21.2 Å². The van der Waals surface area contributed by atoms with Gasteiger partial charge in [-0.15, -0.1) is 0 Å². The Kier molecular flexibility index (Phi) is 4.32. The molecule has 1 aliphatic heterocycles. The van der Waals surface area contributed by atoms with Crippen molar-refractivity contribution < 1.29 is 0 Å². The Labute approximate surface area is 129 Å². The fourth-order valence-corrected chi connectivity index (χ4v) is 3.40. The van der Waals surface area contributed by atoms with E-state index in [9.17, 15) is 0 Å². The number of amidine groups is 2. The molecule has 3 rings (SSSR count). The van der Waals surface area contributed by atoms with Crippen LogP contribution in [0.3, 0.4) is 0 Å². The third kappa shape index (κ3) is 2.86. The second-order valence-corrected chi connectivity index (χ2v) is 6.24. The van der Waals surface area contributed by atoms with Gasteiger partial charge in [-0.3, -0.25) is 10.9 Å². The molecule has 0 saturated heterocycles. The molecule has 20 heavy (non-hydrogen) atoms. The molecule has 0 bridgehead atoms. The predicted octanol–water partition coefficient (Wildman–Crippen LogP) is 3.94. The molecule has 0 aromatic carbocycles. The second-order valence-electron chi connectivity index (χ2n) is 5.33. The van der Waals surface area contributed by atoms with Gasteiger partial charge in [-0.2, -0.15) is 10.2 Å². The van der Waals surface area contributed by atoms with Gasteiger partial charge in [0, 0.05) is 21.2 Å². The number of halogens is 2. The van der Waals surface area contributed by atoms with E-state index in [0.29, 0.717) is 0 Å². The van der Waals surface area contributed by atoms with Crippen molar-refractivity contribution in [1.29, 1.82) is 0 Å². The third-order valence-corrected chi connectivity index (χ3v) is 4.75. The highest BCUT2D eigenvalue weighted by molar-refractivity contribution is 6.33. The predicted molar refractivity (Wildman–Crippen MR) is 83.8 cm³/mol. The molecule has 0 amide bonds. The van der Waals surface area contributed by atoms with Crippen LogP contribution in [-0.2, 0) is 0 Å². The van der Waals surface area contributed by atoms with Crippen molar-refractivity contribution in [2.24, 2.45) is 10.2 Å². The van der Waals surface area contributed by atoms with Crippen LogP contribution in [0.4, 0.5) is 0 Å². The fourth-order valence-electron chi connectivity index (χ4n) is 2.77. The molecule has 0 fully saturated rings. The first-order chi connectivity index (χ1) is 9.75. The number of nitrogens with zero attached hydrogens (tertiary/aromatic N) is 2. The van der Waals surface area contributed by atoms with Gasteiger partial charge >= 0.3 is 0 Å². The summed E-state index contributed by atoms with van der Waals surface area (Å²) in [7, 11) is 0. The summed E-state index contributed by atoms with van der Waals surface area (Å²) in [6, 6.07) is 0. The Morgan fingerprint density at radius 2 is 1.05 bits per heavy atom. The van der Waals surface area contributed by atoms with Gasteiger partial charge in [-0.25, -0.2) is 0 Å². The molecule has 0 unspecified atom stereocenters. The smallest absolute Gasteiger partial charge is 0.170 e. The Bertz CT molecular complexity index is 483. The Balaban J connectivity index is 1.74. The average molecular weight is 313 g/mol. The van der Waals surface area contributed by atoms with E-state index < -0.39 is 0 Å². The zero-order chi connectivity index (χ0) is 13.9. The van der Waals surface area contributed by atoms with Crippen molar-refractivity contribution in [3.8, 4) is 0 Å². The number of hydrazone groups is 2. The number of hydrogen-bond donors (Lipinski definition) is 2. The minimum atomic E-state index is 0.742. The minimum Gasteiger partial charge on any atom is -0.258 e. The highest BCUT2D eigenvalue weighted by atomic mass is 35.5. The SMILES string of the molecule is ClC1=C(C2=NNC(C3=C(Cl)CCCC3)=NN2)CCCC1. The topological polar surface area (TPSA) is 48.8 Å². The molecule has 0 saturated carbocycles. The van der Waals surface area contributed by atoms with E-state index in [1.165, 1.54) is 0 Å². The van der Waals surface area contributed by atoms with E-state index in [4.69, 9.17) is 23.2 Å². The number of nitrogens with one attached hydrogen (secondary N) is 2. The van der Waals surface area contributed by atoms with Gasteiger partial charge in [0.05, 0.1) is 0 Å². The summed E-state index contributed by atoms with van der Waals surface area (Å²) in [6.07, 6.45) is 8.40. The monoisotopic (exact) mass is 312 g/mol. The maximum absolute atomic E-state index is 6.28. The Morgan fingerprint density at radius 3 is 1.40 bits per heavy atom. The van der Waals surface area contributed by atoms with E-state index in [-0.39, 0.29) is 0 Å². The van der Waals surface area contributed by atoms with E-state index in [0.717, 1.165) is 84.2 Å². The lowest BCUT2D eigenvalue weighted by Gasteiger charge is -2.23. The van der Waals surface area contributed by atoms with Crippen molar-refractivity contribution in [1.82, 2.24) is 10.9 Å². The van der Waals surface area contributed by atoms with Crippen LogP contribution in [0, 0.1) is 0 Å². The zero-order valence-electron chi connectivity index (χ0n) is 11.3. The molecule has 2 N–H and O–H groups in total. The summed E-state index contributed by atoms with van der Waals surface area (Å²) < 4.78 is 0. The van der Waals surface area contributed by atoms with Crippen LogP contribution in [0.25, 0.3) is 0 Å². The molecule has 0 aromatic rings. The minimum absolute atomic E-state index is 0.742. The first-order valence-electron chi connectivity index (χ1n) is 7.19. The summed E-state index contributed by atoms with van der Waals surface area (Å²) in [5.41, 5.74) is 8.22. The summed E-state index contributed by atoms with van der Waals surface area (Å²) in [4.78, 5) is 0. The fraction of sp³-hybridized carbons (Fsp3) is 0.571. The van der Waals surface area contributed by atoms with Crippen LogP contribution in [0.1, 0.15) is 51.4 Å². The third-order valence-electron chi connectivity index (χ3n) is 3.92. The summed E-state index contributed by atoms with van der Waals surface area (Å²) in [5.74, 6) is 1.48. The number of hydrogen-bond acceptors (Lipinski definition) is 4. The van der Waals surface area contributed by atoms with Crippen LogP contribution >= 0.6 is 23.2 Å². The highest BCUT2D eigenvalue weighted by Gasteiger charge is 2.22. The molecule has 4 nitrogen and oxygen atoms in total. The summed E-state index contributed by atoms with van der Waals surface area (Å²) in [5, 5.41) is 10.6.